The fraction of sp³-hybridized carbons (Fsp3) is 0.417. The van der Waals surface area contributed by atoms with Crippen LogP contribution in [0.5, 0.6) is 5.75 Å². The normalized spacial score (nSPS) is 20.3. The van der Waals surface area contributed by atoms with Crippen LogP contribution in [-0.2, 0) is 0 Å². The minimum absolute atomic E-state index is 0.166. The van der Waals surface area contributed by atoms with Gasteiger partial charge in [-0.2, -0.15) is 19.5 Å². The number of alkyl halides is 1. The molecule has 6 rings (SSSR count). The Morgan fingerprint density at radius 2 is 2.00 bits per heavy atom. The van der Waals surface area contributed by atoms with Crippen molar-refractivity contribution in [3.05, 3.63) is 42.4 Å². The smallest absolute Gasteiger partial charge is 0.259 e. The SMILES string of the molecule is Nc1nc(NCCN2CCN(c3ccc(O[C@H]4CNC[C@@H]4F)cc3F)CC2)nc2nc(-c3ccco3)nn12. The summed E-state index contributed by atoms with van der Waals surface area (Å²) in [6.45, 7) is 4.94. The summed E-state index contributed by atoms with van der Waals surface area (Å²) in [6.07, 6.45) is -0.130. The van der Waals surface area contributed by atoms with Crippen LogP contribution in [0.2, 0.25) is 0 Å². The van der Waals surface area contributed by atoms with E-state index in [0.717, 1.165) is 19.6 Å². The van der Waals surface area contributed by atoms with Gasteiger partial charge < -0.3 is 30.4 Å². The number of piperazine rings is 1. The van der Waals surface area contributed by atoms with Crippen molar-refractivity contribution in [3.8, 4) is 17.3 Å². The third-order valence-corrected chi connectivity index (χ3v) is 6.69. The lowest BCUT2D eigenvalue weighted by atomic mass is 10.2. The molecule has 200 valence electrons. The minimum Gasteiger partial charge on any atom is -0.486 e. The zero-order valence-electron chi connectivity index (χ0n) is 20.6. The van der Waals surface area contributed by atoms with Gasteiger partial charge in [0.05, 0.1) is 12.0 Å². The lowest BCUT2D eigenvalue weighted by Crippen LogP contribution is -2.48. The van der Waals surface area contributed by atoms with Crippen LogP contribution in [0.3, 0.4) is 0 Å². The van der Waals surface area contributed by atoms with Crippen LogP contribution in [0.4, 0.5) is 26.4 Å². The van der Waals surface area contributed by atoms with Gasteiger partial charge in [-0.25, -0.2) is 8.78 Å². The maximum absolute atomic E-state index is 14.8. The van der Waals surface area contributed by atoms with Gasteiger partial charge in [-0.05, 0) is 24.3 Å². The standard InChI is InChI=1S/C24H28F2N10O2/c25-16-12-15(38-20-14-28-13-17(20)26)3-4-18(16)35-9-7-34(8-10-35)6-5-29-23-31-22(27)36-24(32-23)30-21(33-36)19-2-1-11-37-19/h1-4,11-12,17,20,28H,5-10,13-14H2,(H3,27,29,30,31,32,33)/t17-,20-/m0/s1. The van der Waals surface area contributed by atoms with Crippen LogP contribution in [0.25, 0.3) is 17.4 Å². The molecule has 0 aliphatic carbocycles. The number of halogens is 2. The Kier molecular flexibility index (Phi) is 6.64. The summed E-state index contributed by atoms with van der Waals surface area (Å²) in [7, 11) is 0. The number of hydrogen-bond acceptors (Lipinski definition) is 11. The molecule has 4 aromatic rings. The van der Waals surface area contributed by atoms with E-state index < -0.39 is 12.3 Å². The quantitative estimate of drug-likeness (QED) is 0.308. The summed E-state index contributed by atoms with van der Waals surface area (Å²) in [5.74, 6) is 1.73. The highest BCUT2D eigenvalue weighted by molar-refractivity contribution is 5.53. The summed E-state index contributed by atoms with van der Waals surface area (Å²) in [6, 6.07) is 8.26. The van der Waals surface area contributed by atoms with Gasteiger partial charge in [0.15, 0.2) is 11.9 Å². The molecular formula is C24H28F2N10O2. The molecule has 2 fully saturated rings. The number of rotatable bonds is 8. The number of nitrogens with one attached hydrogen (secondary N) is 2. The molecule has 38 heavy (non-hydrogen) atoms. The number of fused-ring (bicyclic) bond motifs is 1. The van der Waals surface area contributed by atoms with Crippen LogP contribution >= 0.6 is 0 Å². The molecule has 0 radical (unpaired) electrons. The van der Waals surface area contributed by atoms with E-state index in [1.54, 1.807) is 30.5 Å². The van der Waals surface area contributed by atoms with E-state index in [-0.39, 0.29) is 18.3 Å². The predicted molar refractivity (Wildman–Crippen MR) is 136 cm³/mol. The van der Waals surface area contributed by atoms with E-state index in [0.29, 0.717) is 60.9 Å². The first kappa shape index (κ1) is 24.3. The van der Waals surface area contributed by atoms with Gasteiger partial charge in [0, 0.05) is 58.4 Å². The first-order valence-corrected chi connectivity index (χ1v) is 12.5. The molecule has 4 N–H and O–H groups in total. The molecule has 0 unspecified atom stereocenters. The molecular weight excluding hydrogens is 498 g/mol. The predicted octanol–water partition coefficient (Wildman–Crippen LogP) is 1.42. The molecule has 3 aromatic heterocycles. The zero-order valence-corrected chi connectivity index (χ0v) is 20.6. The number of nitrogens with two attached hydrogens (primary N) is 1. The Morgan fingerprint density at radius 1 is 1.13 bits per heavy atom. The molecule has 0 spiro atoms. The van der Waals surface area contributed by atoms with E-state index in [9.17, 15) is 8.78 Å². The third kappa shape index (κ3) is 5.04. The average molecular weight is 527 g/mol. The van der Waals surface area contributed by atoms with Gasteiger partial charge in [0.1, 0.15) is 17.7 Å². The topological polar surface area (TPSA) is 135 Å². The van der Waals surface area contributed by atoms with Crippen molar-refractivity contribution in [3.63, 3.8) is 0 Å². The van der Waals surface area contributed by atoms with Gasteiger partial charge in [-0.1, -0.05) is 0 Å². The van der Waals surface area contributed by atoms with Crippen LogP contribution in [0.1, 0.15) is 0 Å². The van der Waals surface area contributed by atoms with E-state index >= 15 is 0 Å². The summed E-state index contributed by atoms with van der Waals surface area (Å²) >= 11 is 0. The summed E-state index contributed by atoms with van der Waals surface area (Å²) in [4.78, 5) is 17.3. The van der Waals surface area contributed by atoms with Crippen molar-refractivity contribution in [2.45, 2.75) is 12.3 Å². The number of anilines is 3. The first-order chi connectivity index (χ1) is 18.5. The average Bonchev–Trinajstić information content (AvgIpc) is 3.67. The molecule has 0 saturated carbocycles. The Morgan fingerprint density at radius 3 is 2.74 bits per heavy atom. The third-order valence-electron chi connectivity index (χ3n) is 6.69. The van der Waals surface area contributed by atoms with Crippen molar-refractivity contribution in [1.29, 1.82) is 0 Å². The van der Waals surface area contributed by atoms with Crippen molar-refractivity contribution < 1.29 is 17.9 Å². The highest BCUT2D eigenvalue weighted by Gasteiger charge is 2.29. The van der Waals surface area contributed by atoms with Crippen LogP contribution in [-0.4, -0.2) is 94.1 Å². The fourth-order valence-electron chi connectivity index (χ4n) is 4.66. The van der Waals surface area contributed by atoms with Crippen molar-refractivity contribution in [1.82, 2.24) is 34.8 Å². The number of ether oxygens (including phenoxy) is 1. The van der Waals surface area contributed by atoms with Gasteiger partial charge in [-0.3, -0.25) is 4.90 Å². The van der Waals surface area contributed by atoms with Crippen molar-refractivity contribution in [2.24, 2.45) is 0 Å². The largest absolute Gasteiger partial charge is 0.486 e. The van der Waals surface area contributed by atoms with Gasteiger partial charge in [0.2, 0.25) is 17.7 Å². The Bertz CT molecular complexity index is 1390. The van der Waals surface area contributed by atoms with E-state index in [1.165, 1.54) is 10.6 Å². The molecule has 5 heterocycles. The fourth-order valence-corrected chi connectivity index (χ4v) is 4.66. The van der Waals surface area contributed by atoms with E-state index in [2.05, 4.69) is 35.6 Å². The van der Waals surface area contributed by atoms with Crippen molar-refractivity contribution >= 4 is 23.4 Å². The highest BCUT2D eigenvalue weighted by Crippen LogP contribution is 2.27. The maximum Gasteiger partial charge on any atom is 0.259 e. The molecule has 2 aliphatic rings. The number of hydrogen-bond donors (Lipinski definition) is 3. The summed E-state index contributed by atoms with van der Waals surface area (Å²) in [5, 5.41) is 10.4. The Hall–Kier alpha value is -4.04. The summed E-state index contributed by atoms with van der Waals surface area (Å²) < 4.78 is 40.9. The van der Waals surface area contributed by atoms with Gasteiger partial charge >= 0.3 is 0 Å². The van der Waals surface area contributed by atoms with Gasteiger partial charge in [-0.15, -0.1) is 5.10 Å². The second kappa shape index (κ2) is 10.4. The van der Waals surface area contributed by atoms with Gasteiger partial charge in [0.25, 0.3) is 5.78 Å². The zero-order chi connectivity index (χ0) is 26.1. The summed E-state index contributed by atoms with van der Waals surface area (Å²) in [5.41, 5.74) is 6.57. The molecule has 1 aromatic carbocycles. The number of aromatic nitrogens is 5. The number of nitrogens with zero attached hydrogens (tertiary/aromatic N) is 7. The molecule has 0 bridgehead atoms. The number of benzene rings is 1. The van der Waals surface area contributed by atoms with E-state index in [1.807, 2.05) is 4.90 Å². The molecule has 2 saturated heterocycles. The second-order valence-corrected chi connectivity index (χ2v) is 9.23. The van der Waals surface area contributed by atoms with Crippen molar-refractivity contribution in [2.75, 3.05) is 68.3 Å². The molecule has 12 nitrogen and oxygen atoms in total. The molecule has 0 amide bonds. The monoisotopic (exact) mass is 526 g/mol. The molecule has 2 aliphatic heterocycles. The maximum atomic E-state index is 14.8. The number of furan rings is 1. The van der Waals surface area contributed by atoms with Crippen LogP contribution < -0.4 is 26.0 Å². The van der Waals surface area contributed by atoms with Crippen LogP contribution in [0, 0.1) is 5.82 Å². The Balaban J connectivity index is 0.998. The first-order valence-electron chi connectivity index (χ1n) is 12.5. The minimum atomic E-state index is -1.09. The second-order valence-electron chi connectivity index (χ2n) is 9.23. The molecule has 14 heteroatoms. The highest BCUT2D eigenvalue weighted by atomic mass is 19.1. The molecule has 2 atom stereocenters. The van der Waals surface area contributed by atoms with E-state index in [4.69, 9.17) is 14.9 Å². The lowest BCUT2D eigenvalue weighted by molar-refractivity contribution is 0.139. The lowest BCUT2D eigenvalue weighted by Gasteiger charge is -2.36. The number of nitrogen functional groups attached to an aromatic ring is 1. The Labute approximate surface area is 216 Å². The van der Waals surface area contributed by atoms with Crippen LogP contribution in [0.15, 0.2) is 41.0 Å².